The molecular weight excluding hydrogens is 316 g/mol. The van der Waals surface area contributed by atoms with Gasteiger partial charge in [-0.3, -0.25) is 14.2 Å². The van der Waals surface area contributed by atoms with Crippen molar-refractivity contribution >= 4 is 34.2 Å². The molecule has 0 aliphatic rings. The van der Waals surface area contributed by atoms with Gasteiger partial charge in [0.15, 0.2) is 0 Å². The Hall–Kier alpha value is -2.73. The third kappa shape index (κ3) is 3.22. The topological polar surface area (TPSA) is 76.9 Å². The summed E-state index contributed by atoms with van der Waals surface area (Å²) >= 11 is 5.74. The summed E-state index contributed by atoms with van der Waals surface area (Å²) in [5, 5.41) is 3.58. The van der Waals surface area contributed by atoms with E-state index in [2.05, 4.69) is 15.3 Å². The van der Waals surface area contributed by atoms with Gasteiger partial charge in [-0.05, 0) is 30.7 Å². The van der Waals surface area contributed by atoms with Crippen LogP contribution in [0.5, 0.6) is 0 Å². The largest absolute Gasteiger partial charge is 0.309 e. The normalized spacial score (nSPS) is 10.7. The van der Waals surface area contributed by atoms with Crippen LogP contribution in [0.15, 0.2) is 47.7 Å². The first kappa shape index (κ1) is 15.2. The maximum Gasteiger partial charge on any atom is 0.261 e. The highest BCUT2D eigenvalue weighted by Gasteiger charge is 2.09. The quantitative estimate of drug-likeness (QED) is 0.801. The average molecular weight is 329 g/mol. The number of anilines is 1. The lowest BCUT2D eigenvalue weighted by Gasteiger charge is -2.08. The number of carbonyl (C=O) groups is 1. The number of amides is 1. The van der Waals surface area contributed by atoms with Gasteiger partial charge in [0.05, 0.1) is 22.3 Å². The molecule has 116 valence electrons. The molecule has 0 aliphatic heterocycles. The van der Waals surface area contributed by atoms with E-state index < -0.39 is 0 Å². The van der Waals surface area contributed by atoms with Gasteiger partial charge in [0.2, 0.25) is 5.91 Å². The number of benzene rings is 1. The van der Waals surface area contributed by atoms with E-state index in [1.807, 2.05) is 13.0 Å². The van der Waals surface area contributed by atoms with Crippen LogP contribution in [0.3, 0.4) is 0 Å². The lowest BCUT2D eigenvalue weighted by Crippen LogP contribution is -2.28. The number of fused-ring (bicyclic) bond motifs is 1. The first-order valence-corrected chi connectivity index (χ1v) is 7.28. The molecule has 0 fully saturated rings. The molecule has 3 aromatic rings. The van der Waals surface area contributed by atoms with Crippen molar-refractivity contribution in [1.82, 2.24) is 14.5 Å². The Labute approximate surface area is 136 Å². The lowest BCUT2D eigenvalue weighted by atomic mass is 10.1. The molecule has 0 spiro atoms. The minimum atomic E-state index is -0.365. The van der Waals surface area contributed by atoms with Crippen LogP contribution < -0.4 is 10.9 Å². The van der Waals surface area contributed by atoms with Crippen LogP contribution in [-0.4, -0.2) is 20.4 Å². The van der Waals surface area contributed by atoms with Crippen molar-refractivity contribution in [2.45, 2.75) is 13.5 Å². The summed E-state index contributed by atoms with van der Waals surface area (Å²) in [4.78, 5) is 32.7. The minimum absolute atomic E-state index is 0.139. The van der Waals surface area contributed by atoms with Crippen LogP contribution in [0.4, 0.5) is 5.82 Å². The van der Waals surface area contributed by atoms with Gasteiger partial charge < -0.3 is 5.32 Å². The number of rotatable bonds is 3. The van der Waals surface area contributed by atoms with Gasteiger partial charge in [-0.25, -0.2) is 9.97 Å². The number of aryl methyl sites for hydroxylation is 1. The molecule has 0 saturated carbocycles. The average Bonchev–Trinajstić information content (AvgIpc) is 2.53. The third-order valence-electron chi connectivity index (χ3n) is 3.36. The van der Waals surface area contributed by atoms with Crippen LogP contribution >= 0.6 is 11.6 Å². The Morgan fingerprint density at radius 3 is 2.83 bits per heavy atom. The predicted molar refractivity (Wildman–Crippen MR) is 88.6 cm³/mol. The van der Waals surface area contributed by atoms with Gasteiger partial charge in [0.1, 0.15) is 12.4 Å². The number of aromatic nitrogens is 3. The van der Waals surface area contributed by atoms with E-state index in [9.17, 15) is 9.59 Å². The standard InChI is InChI=1S/C16H13ClN4O2/c1-10-3-2-4-12-15(10)19-9-21(16(12)23)8-14(22)20-13-6-5-11(17)7-18-13/h2-7,9H,8H2,1H3,(H,18,20,22). The molecular formula is C16H13ClN4O2. The van der Waals surface area contributed by atoms with Crippen molar-refractivity contribution in [3.8, 4) is 0 Å². The summed E-state index contributed by atoms with van der Waals surface area (Å²) in [5.41, 5.74) is 1.31. The number of hydrogen-bond acceptors (Lipinski definition) is 4. The van der Waals surface area contributed by atoms with Crippen LogP contribution in [0, 0.1) is 6.92 Å². The van der Waals surface area contributed by atoms with E-state index in [0.717, 1.165) is 5.56 Å². The highest BCUT2D eigenvalue weighted by atomic mass is 35.5. The maximum absolute atomic E-state index is 12.4. The fraction of sp³-hybridized carbons (Fsp3) is 0.125. The van der Waals surface area contributed by atoms with Crippen LogP contribution in [-0.2, 0) is 11.3 Å². The highest BCUT2D eigenvalue weighted by Crippen LogP contribution is 2.12. The Morgan fingerprint density at radius 2 is 2.09 bits per heavy atom. The van der Waals surface area contributed by atoms with Crippen LogP contribution in [0.2, 0.25) is 5.02 Å². The number of halogens is 1. The molecule has 2 heterocycles. The highest BCUT2D eigenvalue weighted by molar-refractivity contribution is 6.30. The summed E-state index contributed by atoms with van der Waals surface area (Å²) in [6.45, 7) is 1.75. The summed E-state index contributed by atoms with van der Waals surface area (Å²) in [6.07, 6.45) is 2.82. The van der Waals surface area contributed by atoms with Gasteiger partial charge in [-0.2, -0.15) is 0 Å². The van der Waals surface area contributed by atoms with Crippen molar-refractivity contribution in [2.75, 3.05) is 5.32 Å². The first-order chi connectivity index (χ1) is 11.0. The SMILES string of the molecule is Cc1cccc2c(=O)n(CC(=O)Nc3ccc(Cl)cn3)cnc12. The van der Waals surface area contributed by atoms with Crippen molar-refractivity contribution in [3.05, 3.63) is 63.8 Å². The van der Waals surface area contributed by atoms with Gasteiger partial charge in [-0.1, -0.05) is 23.7 Å². The minimum Gasteiger partial charge on any atom is -0.309 e. The number of pyridine rings is 1. The fourth-order valence-corrected chi connectivity index (χ4v) is 2.35. The molecule has 23 heavy (non-hydrogen) atoms. The van der Waals surface area contributed by atoms with Crippen molar-refractivity contribution < 1.29 is 4.79 Å². The zero-order valence-electron chi connectivity index (χ0n) is 12.3. The van der Waals surface area contributed by atoms with Gasteiger partial charge >= 0.3 is 0 Å². The summed E-state index contributed by atoms with van der Waals surface area (Å²) in [7, 11) is 0. The van der Waals surface area contributed by atoms with Crippen molar-refractivity contribution in [1.29, 1.82) is 0 Å². The number of carbonyl (C=O) groups excluding carboxylic acids is 1. The third-order valence-corrected chi connectivity index (χ3v) is 3.59. The Balaban J connectivity index is 1.84. The molecule has 1 N–H and O–H groups in total. The zero-order valence-corrected chi connectivity index (χ0v) is 13.0. The van der Waals surface area contributed by atoms with Gasteiger partial charge in [-0.15, -0.1) is 0 Å². The second kappa shape index (κ2) is 6.18. The molecule has 0 saturated heterocycles. The Bertz CT molecular complexity index is 935. The van der Waals surface area contributed by atoms with Crippen LogP contribution in [0.1, 0.15) is 5.56 Å². The van der Waals surface area contributed by atoms with E-state index in [0.29, 0.717) is 21.7 Å². The molecule has 0 aliphatic carbocycles. The molecule has 3 rings (SSSR count). The first-order valence-electron chi connectivity index (χ1n) is 6.91. The monoisotopic (exact) mass is 328 g/mol. The fourth-order valence-electron chi connectivity index (χ4n) is 2.24. The van der Waals surface area contributed by atoms with E-state index in [-0.39, 0.29) is 18.0 Å². The number of para-hydroxylation sites is 1. The molecule has 2 aromatic heterocycles. The molecule has 0 bridgehead atoms. The Morgan fingerprint density at radius 1 is 1.26 bits per heavy atom. The van der Waals surface area contributed by atoms with Gasteiger partial charge in [0, 0.05) is 6.20 Å². The van der Waals surface area contributed by atoms with Crippen molar-refractivity contribution in [2.24, 2.45) is 0 Å². The van der Waals surface area contributed by atoms with Gasteiger partial charge in [0.25, 0.3) is 5.56 Å². The summed E-state index contributed by atoms with van der Waals surface area (Å²) in [6, 6.07) is 8.59. The molecule has 7 heteroatoms. The molecule has 0 unspecified atom stereocenters. The van der Waals surface area contributed by atoms with E-state index in [1.165, 1.54) is 17.1 Å². The summed E-state index contributed by atoms with van der Waals surface area (Å²) in [5.74, 6) is 0.00719. The van der Waals surface area contributed by atoms with Crippen LogP contribution in [0.25, 0.3) is 10.9 Å². The number of nitrogens with zero attached hydrogens (tertiary/aromatic N) is 3. The second-order valence-corrected chi connectivity index (χ2v) is 5.49. The smallest absolute Gasteiger partial charge is 0.261 e. The lowest BCUT2D eigenvalue weighted by molar-refractivity contribution is -0.116. The van der Waals surface area contributed by atoms with E-state index in [4.69, 9.17) is 11.6 Å². The van der Waals surface area contributed by atoms with Crippen molar-refractivity contribution in [3.63, 3.8) is 0 Å². The molecule has 1 aromatic carbocycles. The maximum atomic E-state index is 12.4. The predicted octanol–water partition coefficient (Wildman–Crippen LogP) is 2.39. The molecule has 1 amide bonds. The number of hydrogen-bond donors (Lipinski definition) is 1. The Kier molecular flexibility index (Phi) is 4.08. The molecule has 6 nitrogen and oxygen atoms in total. The second-order valence-electron chi connectivity index (χ2n) is 5.06. The van der Waals surface area contributed by atoms with E-state index >= 15 is 0 Å². The zero-order chi connectivity index (χ0) is 16.4. The number of nitrogens with one attached hydrogen (secondary N) is 1. The molecule has 0 atom stereocenters. The van der Waals surface area contributed by atoms with E-state index in [1.54, 1.807) is 24.3 Å². The molecule has 0 radical (unpaired) electrons. The summed E-state index contributed by atoms with van der Waals surface area (Å²) < 4.78 is 1.27.